The summed E-state index contributed by atoms with van der Waals surface area (Å²) in [5, 5.41) is 0. The number of hydrogen-bond acceptors (Lipinski definition) is 4. The van der Waals surface area contributed by atoms with E-state index in [-0.39, 0.29) is 5.69 Å². The molecule has 1 fully saturated rings. The smallest absolute Gasteiger partial charge is 0.326 e. The third kappa shape index (κ3) is 4.06. The van der Waals surface area contributed by atoms with E-state index >= 15 is 0 Å². The number of likely N-dealkylation sites (tertiary alicyclic amines) is 1. The first-order chi connectivity index (χ1) is 11.8. The highest BCUT2D eigenvalue weighted by Crippen LogP contribution is 2.24. The Hall–Kier alpha value is -1.63. The van der Waals surface area contributed by atoms with Crippen LogP contribution in [0.5, 0.6) is 0 Å². The molecule has 1 N–H and O–H groups in total. The average molecular weight is 333 g/mol. The van der Waals surface area contributed by atoms with E-state index in [1.54, 1.807) is 7.11 Å². The second-order valence-electron chi connectivity index (χ2n) is 6.35. The van der Waals surface area contributed by atoms with Crippen LogP contribution >= 0.6 is 0 Å². The van der Waals surface area contributed by atoms with Crippen LogP contribution in [0.3, 0.4) is 0 Å². The number of para-hydroxylation sites is 2. The van der Waals surface area contributed by atoms with E-state index in [4.69, 9.17) is 9.47 Å². The molecule has 0 unspecified atom stereocenters. The Morgan fingerprint density at radius 2 is 1.96 bits per heavy atom. The standard InChI is InChI=1S/C18H27N3O3/c1-23-13-14-24-12-4-9-20-10-7-15(8-11-20)21-17-6-3-2-5-16(17)19-18(21)22/h2-3,5-6,15H,4,7-14H2,1H3,(H,19,22). The summed E-state index contributed by atoms with van der Waals surface area (Å²) in [6, 6.07) is 8.23. The molecule has 1 aliphatic heterocycles. The molecular formula is C18H27N3O3. The first-order valence-electron chi connectivity index (χ1n) is 8.78. The van der Waals surface area contributed by atoms with E-state index in [1.807, 2.05) is 28.8 Å². The fourth-order valence-corrected chi connectivity index (χ4v) is 3.47. The second kappa shape index (κ2) is 8.46. The Morgan fingerprint density at radius 3 is 2.75 bits per heavy atom. The summed E-state index contributed by atoms with van der Waals surface area (Å²) in [6.07, 6.45) is 3.08. The normalized spacial score (nSPS) is 16.9. The fourth-order valence-electron chi connectivity index (χ4n) is 3.47. The maximum Gasteiger partial charge on any atom is 0.326 e. The van der Waals surface area contributed by atoms with Gasteiger partial charge >= 0.3 is 5.69 Å². The number of methoxy groups -OCH3 is 1. The molecule has 0 saturated carbocycles. The van der Waals surface area contributed by atoms with Crippen LogP contribution in [0.1, 0.15) is 25.3 Å². The molecule has 6 heteroatoms. The Morgan fingerprint density at radius 1 is 1.17 bits per heavy atom. The zero-order chi connectivity index (χ0) is 16.8. The van der Waals surface area contributed by atoms with Crippen molar-refractivity contribution in [3.05, 3.63) is 34.7 Å². The minimum atomic E-state index is 0.0150. The number of imidazole rings is 1. The molecule has 1 aromatic carbocycles. The topological polar surface area (TPSA) is 59.5 Å². The summed E-state index contributed by atoms with van der Waals surface area (Å²) in [4.78, 5) is 17.7. The molecule has 1 saturated heterocycles. The second-order valence-corrected chi connectivity index (χ2v) is 6.35. The first-order valence-corrected chi connectivity index (χ1v) is 8.78. The van der Waals surface area contributed by atoms with Crippen LogP contribution in [-0.2, 0) is 9.47 Å². The molecule has 1 aliphatic rings. The first kappa shape index (κ1) is 17.2. The summed E-state index contributed by atoms with van der Waals surface area (Å²) < 4.78 is 12.4. The van der Waals surface area contributed by atoms with Gasteiger partial charge in [0, 0.05) is 39.4 Å². The molecule has 0 radical (unpaired) electrons. The van der Waals surface area contributed by atoms with Gasteiger partial charge in [-0.05, 0) is 31.4 Å². The van der Waals surface area contributed by atoms with E-state index in [2.05, 4.69) is 9.88 Å². The van der Waals surface area contributed by atoms with E-state index in [9.17, 15) is 4.79 Å². The number of nitrogens with zero attached hydrogens (tertiary/aromatic N) is 2. The predicted octanol–water partition coefficient (Wildman–Crippen LogP) is 2.02. The molecule has 0 amide bonds. The van der Waals surface area contributed by atoms with Crippen molar-refractivity contribution in [1.82, 2.24) is 14.5 Å². The summed E-state index contributed by atoms with van der Waals surface area (Å²) in [6.45, 7) is 5.24. The zero-order valence-corrected chi connectivity index (χ0v) is 14.4. The minimum absolute atomic E-state index is 0.0150. The minimum Gasteiger partial charge on any atom is -0.382 e. The van der Waals surface area contributed by atoms with Gasteiger partial charge in [-0.3, -0.25) is 4.57 Å². The molecule has 2 heterocycles. The lowest BCUT2D eigenvalue weighted by molar-refractivity contribution is 0.0632. The van der Waals surface area contributed by atoms with E-state index < -0.39 is 0 Å². The van der Waals surface area contributed by atoms with Gasteiger partial charge in [-0.15, -0.1) is 0 Å². The largest absolute Gasteiger partial charge is 0.382 e. The van der Waals surface area contributed by atoms with Gasteiger partial charge in [0.2, 0.25) is 0 Å². The third-order valence-electron chi connectivity index (χ3n) is 4.74. The van der Waals surface area contributed by atoms with Crippen molar-refractivity contribution >= 4 is 11.0 Å². The predicted molar refractivity (Wildman–Crippen MR) is 94.6 cm³/mol. The molecule has 2 aromatic rings. The zero-order valence-electron chi connectivity index (χ0n) is 14.4. The monoisotopic (exact) mass is 333 g/mol. The van der Waals surface area contributed by atoms with Crippen LogP contribution in [0.2, 0.25) is 0 Å². The quantitative estimate of drug-likeness (QED) is 0.751. The highest BCUT2D eigenvalue weighted by atomic mass is 16.5. The number of fused-ring (bicyclic) bond motifs is 1. The van der Waals surface area contributed by atoms with Crippen LogP contribution in [0.15, 0.2) is 29.1 Å². The molecule has 132 valence electrons. The van der Waals surface area contributed by atoms with Crippen LogP contribution in [0, 0.1) is 0 Å². The number of aromatic nitrogens is 2. The van der Waals surface area contributed by atoms with Gasteiger partial charge in [0.15, 0.2) is 0 Å². The Balaban J connectivity index is 1.48. The number of piperidine rings is 1. The van der Waals surface area contributed by atoms with E-state index in [1.165, 1.54) is 0 Å². The maximum atomic E-state index is 12.3. The van der Waals surface area contributed by atoms with E-state index in [0.29, 0.717) is 19.3 Å². The van der Waals surface area contributed by atoms with Crippen molar-refractivity contribution in [3.8, 4) is 0 Å². The Bertz CT molecular complexity index is 686. The van der Waals surface area contributed by atoms with Crippen molar-refractivity contribution < 1.29 is 9.47 Å². The lowest BCUT2D eigenvalue weighted by atomic mass is 10.0. The molecular weight excluding hydrogens is 306 g/mol. The van der Waals surface area contributed by atoms with Gasteiger partial charge in [0.05, 0.1) is 24.2 Å². The molecule has 1 aromatic heterocycles. The van der Waals surface area contributed by atoms with Gasteiger partial charge in [0.25, 0.3) is 0 Å². The van der Waals surface area contributed by atoms with Crippen LogP contribution in [0.25, 0.3) is 11.0 Å². The van der Waals surface area contributed by atoms with Crippen LogP contribution in [0.4, 0.5) is 0 Å². The fraction of sp³-hybridized carbons (Fsp3) is 0.611. The van der Waals surface area contributed by atoms with Crippen LogP contribution in [-0.4, -0.2) is 61.0 Å². The van der Waals surface area contributed by atoms with Gasteiger partial charge < -0.3 is 19.4 Å². The summed E-state index contributed by atoms with van der Waals surface area (Å²) >= 11 is 0. The highest BCUT2D eigenvalue weighted by Gasteiger charge is 2.23. The summed E-state index contributed by atoms with van der Waals surface area (Å²) in [7, 11) is 1.69. The van der Waals surface area contributed by atoms with Gasteiger partial charge in [-0.25, -0.2) is 4.79 Å². The Labute approximate surface area is 142 Å². The SMILES string of the molecule is COCCOCCCN1CCC(n2c(=O)[nH]c3ccccc32)CC1. The van der Waals surface area contributed by atoms with Crippen molar-refractivity contribution in [2.75, 3.05) is 46.6 Å². The maximum absolute atomic E-state index is 12.3. The third-order valence-corrected chi connectivity index (χ3v) is 4.74. The highest BCUT2D eigenvalue weighted by molar-refractivity contribution is 5.75. The lowest BCUT2D eigenvalue weighted by Crippen LogP contribution is -2.37. The molecule has 0 spiro atoms. The van der Waals surface area contributed by atoms with Crippen LogP contribution < -0.4 is 5.69 Å². The number of rotatable bonds is 8. The van der Waals surface area contributed by atoms with Crippen molar-refractivity contribution in [2.45, 2.75) is 25.3 Å². The number of nitrogens with one attached hydrogen (secondary N) is 1. The summed E-state index contributed by atoms with van der Waals surface area (Å²) in [5.74, 6) is 0. The van der Waals surface area contributed by atoms with Gasteiger partial charge in [-0.2, -0.15) is 0 Å². The van der Waals surface area contributed by atoms with Crippen molar-refractivity contribution in [1.29, 1.82) is 0 Å². The van der Waals surface area contributed by atoms with E-state index in [0.717, 1.165) is 56.5 Å². The average Bonchev–Trinajstić information content (AvgIpc) is 2.94. The number of benzene rings is 1. The molecule has 24 heavy (non-hydrogen) atoms. The summed E-state index contributed by atoms with van der Waals surface area (Å²) in [5.41, 5.74) is 1.96. The van der Waals surface area contributed by atoms with Crippen molar-refractivity contribution in [3.63, 3.8) is 0 Å². The number of H-pyrrole nitrogens is 1. The van der Waals surface area contributed by atoms with Crippen molar-refractivity contribution in [2.24, 2.45) is 0 Å². The lowest BCUT2D eigenvalue weighted by Gasteiger charge is -2.32. The van der Waals surface area contributed by atoms with Gasteiger partial charge in [0.1, 0.15) is 0 Å². The number of ether oxygens (including phenoxy) is 2. The molecule has 0 bridgehead atoms. The molecule has 0 aliphatic carbocycles. The molecule has 6 nitrogen and oxygen atoms in total. The molecule has 0 atom stereocenters. The molecule has 3 rings (SSSR count). The Kier molecular flexibility index (Phi) is 6.07. The number of hydrogen-bond donors (Lipinski definition) is 1. The van der Waals surface area contributed by atoms with Gasteiger partial charge in [-0.1, -0.05) is 12.1 Å². The number of aromatic amines is 1.